The molecule has 0 amide bonds. The molecule has 134 heavy (non-hydrogen) atoms. The molecule has 20 nitrogen and oxygen atoms in total. The van der Waals surface area contributed by atoms with Crippen LogP contribution in [0.15, 0.2) is 188 Å². The van der Waals surface area contributed by atoms with Gasteiger partial charge in [0, 0.05) is 144 Å². The van der Waals surface area contributed by atoms with Crippen molar-refractivity contribution >= 4 is 52.0 Å². The Bertz CT molecular complexity index is 6040. The quantitative estimate of drug-likeness (QED) is 0.0470. The molecule has 0 saturated carbocycles. The van der Waals surface area contributed by atoms with E-state index in [-0.39, 0.29) is 40.5 Å². The number of nitrogens with zero attached hydrogens (tertiary/aromatic N) is 13. The number of aromatic nitrogens is 6. The molecule has 0 radical (unpaired) electrons. The maximum atomic E-state index is 13.5. The molecule has 0 N–H and O–H groups in total. The zero-order valence-corrected chi connectivity index (χ0v) is 82.8. The van der Waals surface area contributed by atoms with Crippen LogP contribution < -0.4 is 9.64 Å². The number of likely N-dealkylation sites (tertiary alicyclic amines) is 6. The summed E-state index contributed by atoms with van der Waals surface area (Å²) in [6, 6.07) is 61.2. The Hall–Kier alpha value is -11.4. The van der Waals surface area contributed by atoms with E-state index in [1.165, 1.54) is 100 Å². The highest BCUT2D eigenvalue weighted by Gasteiger charge is 2.29. The van der Waals surface area contributed by atoms with Gasteiger partial charge >= 0.3 is 0 Å². The molecule has 12 aromatic rings. The van der Waals surface area contributed by atoms with Crippen molar-refractivity contribution in [2.45, 2.75) is 167 Å². The topological polar surface area (TPSA) is 164 Å². The number of carbonyl (C=O) groups is 6. The number of benzene rings is 6. The zero-order chi connectivity index (χ0) is 95.6. The van der Waals surface area contributed by atoms with Gasteiger partial charge < -0.3 is 37.0 Å². The number of ketones is 6. The fourth-order valence-electron chi connectivity index (χ4n) is 20.2. The van der Waals surface area contributed by atoms with Crippen LogP contribution in [-0.2, 0) is 0 Å². The van der Waals surface area contributed by atoms with E-state index >= 15 is 0 Å². The molecule has 6 saturated heterocycles. The van der Waals surface area contributed by atoms with Crippen molar-refractivity contribution in [1.29, 1.82) is 0 Å². The first-order valence-corrected chi connectivity index (χ1v) is 48.5. The normalized spacial score (nSPS) is 15.3. The van der Waals surface area contributed by atoms with Gasteiger partial charge in [0.25, 0.3) is 0 Å². The summed E-state index contributed by atoms with van der Waals surface area (Å²) in [5, 5.41) is 0.697. The standard InChI is InChI=1S/C20H27N3O.C19H24N2O2.C19H24N2O.C18H21ClN2O.C18H21FN2O.C18H22N2O/c1-15-13-19(20(24)14-22-11-5-6-12-22)16(2)23(15)18-9-7-17(8-10-18)21(3)4;1-14-12-16(18(22)13-20-10-6-7-11-20)15(2)21(14)17-8-4-5-9-19(17)23-3;1-14-6-8-17(9-7-14)21-15(2)12-18(16(21)3)19(22)13-20-10-4-5-11-20;1-13-11-15(18(22)12-20-9-5-6-10-20)14(2)21(13)17-8-4-3-7-16(17)19;1-13-10-17(18(22)12-20-8-3-4-9-20)14(2)21(13)16-7-5-6-15(19)11-16;1-14-12-17(18(21)13-19-10-6-7-11-19)15(2)20(14)16-8-4-3-5-9-16/h7-10,13H,5-6,11-12,14H2,1-4H3;4-5,8-9,12H,6-7,10-11,13H2,1-3H3;6-9,12H,4-5,10-11,13H2,1-3H3;3-4,7-8,11H,5-6,9-10,12H2,1-2H3;5-7,10-11H,3-4,8-9,12H2,1-2H3;3-5,8-9,12H,6-7,10-11,13H2,1-2H3. The summed E-state index contributed by atoms with van der Waals surface area (Å²) in [5.74, 6) is 1.83. The molecule has 18 rings (SSSR count). The van der Waals surface area contributed by atoms with Gasteiger partial charge in [0.05, 0.1) is 62.8 Å². The first kappa shape index (κ1) is 100. The summed E-state index contributed by atoms with van der Waals surface area (Å²) in [6.45, 7) is 42.0. The second-order valence-electron chi connectivity index (χ2n) is 37.3. The van der Waals surface area contributed by atoms with Gasteiger partial charge in [-0.3, -0.25) is 58.2 Å². The van der Waals surface area contributed by atoms with Crippen LogP contribution in [0, 0.1) is 95.8 Å². The van der Waals surface area contributed by atoms with Gasteiger partial charge in [-0.25, -0.2) is 4.39 Å². The lowest BCUT2D eigenvalue weighted by atomic mass is 10.1. The third-order valence-corrected chi connectivity index (χ3v) is 27.5. The van der Waals surface area contributed by atoms with Crippen molar-refractivity contribution < 1.29 is 37.9 Å². The lowest BCUT2D eigenvalue weighted by molar-refractivity contribution is 0.0937. The third kappa shape index (κ3) is 24.6. The highest BCUT2D eigenvalue weighted by atomic mass is 35.5. The maximum absolute atomic E-state index is 13.5. The van der Waals surface area contributed by atoms with E-state index in [1.54, 1.807) is 13.2 Å². The minimum Gasteiger partial charge on any atom is -0.495 e. The van der Waals surface area contributed by atoms with Crippen LogP contribution in [0.1, 0.15) is 213 Å². The minimum atomic E-state index is -0.269. The Kier molecular flexibility index (Phi) is 34.9. The molecule has 6 fully saturated rings. The average Bonchev–Trinajstić information content (AvgIpc) is 1.67. The highest BCUT2D eigenvalue weighted by molar-refractivity contribution is 6.32. The number of aryl methyl sites for hydroxylation is 7. The molecule has 0 spiro atoms. The zero-order valence-electron chi connectivity index (χ0n) is 82.0. The average molecular weight is 1830 g/mol. The van der Waals surface area contributed by atoms with Crippen LogP contribution in [0.25, 0.3) is 34.1 Å². The van der Waals surface area contributed by atoms with Crippen LogP contribution in [-0.4, -0.2) is 231 Å². The highest BCUT2D eigenvalue weighted by Crippen LogP contribution is 2.33. The molecule has 0 atom stereocenters. The van der Waals surface area contributed by atoms with Gasteiger partial charge in [0.15, 0.2) is 34.7 Å². The van der Waals surface area contributed by atoms with Crippen molar-refractivity contribution in [3.63, 3.8) is 0 Å². The summed E-state index contributed by atoms with van der Waals surface area (Å²) in [6.07, 6.45) is 14.5. The third-order valence-electron chi connectivity index (χ3n) is 27.2. The fourth-order valence-corrected chi connectivity index (χ4v) is 20.4. The van der Waals surface area contributed by atoms with Crippen molar-refractivity contribution in [2.75, 3.05) is 144 Å². The van der Waals surface area contributed by atoms with Crippen LogP contribution >= 0.6 is 11.6 Å². The molecule has 708 valence electrons. The number of hydrogen-bond acceptors (Lipinski definition) is 14. The monoisotopic (exact) mass is 1830 g/mol. The van der Waals surface area contributed by atoms with Gasteiger partial charge in [-0.15, -0.1) is 0 Å². The predicted molar refractivity (Wildman–Crippen MR) is 542 cm³/mol. The summed E-state index contributed by atoms with van der Waals surface area (Å²) in [7, 11) is 5.75. The number of hydrogen-bond donors (Lipinski definition) is 0. The van der Waals surface area contributed by atoms with Crippen LogP contribution in [0.5, 0.6) is 5.75 Å². The number of halogens is 2. The van der Waals surface area contributed by atoms with Crippen molar-refractivity contribution in [3.8, 4) is 39.9 Å². The van der Waals surface area contributed by atoms with Crippen molar-refractivity contribution in [1.82, 2.24) is 56.8 Å². The predicted octanol–water partition coefficient (Wildman–Crippen LogP) is 21.4. The van der Waals surface area contributed by atoms with Gasteiger partial charge in [-0.05, 0) is 373 Å². The molecule has 22 heteroatoms. The minimum absolute atomic E-state index is 0.151. The van der Waals surface area contributed by atoms with Crippen molar-refractivity contribution in [2.24, 2.45) is 0 Å². The first-order valence-electron chi connectivity index (χ1n) is 48.2. The molecular weight excluding hydrogens is 1690 g/mol. The number of Topliss-reactive ketones (excluding diaryl/α,β-unsaturated/α-hetero) is 6. The lowest BCUT2D eigenvalue weighted by Gasteiger charge is -2.15. The summed E-state index contributed by atoms with van der Waals surface area (Å²) in [5.41, 5.74) is 25.7. The first-order chi connectivity index (χ1) is 64.4. The smallest absolute Gasteiger partial charge is 0.178 e. The second-order valence-corrected chi connectivity index (χ2v) is 37.8. The molecule has 6 aliphatic rings. The number of ether oxygens (including phenoxy) is 1. The van der Waals surface area contributed by atoms with Gasteiger partial charge in [-0.1, -0.05) is 77.8 Å². The Labute approximate surface area is 798 Å². The number of carbonyl (C=O) groups excluding carboxylic acids is 6. The maximum Gasteiger partial charge on any atom is 0.178 e. The second kappa shape index (κ2) is 46.7. The van der Waals surface area contributed by atoms with E-state index in [1.807, 2.05) is 190 Å². The largest absolute Gasteiger partial charge is 0.495 e. The van der Waals surface area contributed by atoms with Gasteiger partial charge in [-0.2, -0.15) is 0 Å². The van der Waals surface area contributed by atoms with E-state index in [0.717, 1.165) is 220 Å². The van der Waals surface area contributed by atoms with E-state index in [4.69, 9.17) is 16.3 Å². The molecule has 0 unspecified atom stereocenters. The molecule has 6 aliphatic heterocycles. The number of para-hydroxylation sites is 4. The summed E-state index contributed by atoms with van der Waals surface area (Å²) < 4.78 is 31.6. The molecule has 6 aromatic heterocycles. The summed E-state index contributed by atoms with van der Waals surface area (Å²) >= 11 is 6.32. The van der Waals surface area contributed by atoms with Crippen LogP contribution in [0.2, 0.25) is 5.02 Å². The van der Waals surface area contributed by atoms with Crippen LogP contribution in [0.4, 0.5) is 10.1 Å². The lowest BCUT2D eigenvalue weighted by Crippen LogP contribution is -2.27. The van der Waals surface area contributed by atoms with Crippen LogP contribution in [0.3, 0.4) is 0 Å². The summed E-state index contributed by atoms with van der Waals surface area (Å²) in [4.78, 5) is 91.3. The Morgan fingerprint density at radius 3 is 0.851 bits per heavy atom. The van der Waals surface area contributed by atoms with Gasteiger partial charge in [0.2, 0.25) is 0 Å². The molecule has 0 bridgehead atoms. The fraction of sp³-hybridized carbons (Fsp3) is 0.411. The number of anilines is 1. The number of methoxy groups -OCH3 is 1. The Morgan fingerprint density at radius 2 is 0.545 bits per heavy atom. The van der Waals surface area contributed by atoms with E-state index in [0.29, 0.717) is 44.3 Å². The van der Waals surface area contributed by atoms with E-state index < -0.39 is 0 Å². The Balaban J connectivity index is 0.000000136. The molecule has 6 aromatic carbocycles. The molecule has 0 aliphatic carbocycles. The van der Waals surface area contributed by atoms with E-state index in [2.05, 4.69) is 145 Å². The SMILES string of the molecule is COc1ccccc1-n1c(C)cc(C(=O)CN2CCCC2)c1C.Cc1cc(C(=O)CN2CCCC2)c(C)n1-c1ccc(N(C)C)cc1.Cc1cc(C(=O)CN2CCCC2)c(C)n1-c1cccc(F)c1.Cc1cc(C(=O)CN2CCCC2)c(C)n1-c1ccccc1.Cc1cc(C(=O)CN2CCCC2)c(C)n1-c1ccccc1Cl.Cc1ccc(-n2c(C)cc(C(=O)CN3CCCC3)c2C)cc1. The number of rotatable bonds is 26. The van der Waals surface area contributed by atoms with E-state index in [9.17, 15) is 33.2 Å². The molecular formula is C112H139ClFN13O7. The molecule has 12 heterocycles. The van der Waals surface area contributed by atoms with Gasteiger partial charge in [0.1, 0.15) is 11.6 Å². The Morgan fingerprint density at radius 1 is 0.291 bits per heavy atom. The van der Waals surface area contributed by atoms with Crippen molar-refractivity contribution in [3.05, 3.63) is 306 Å².